The van der Waals surface area contributed by atoms with Crippen LogP contribution in [0.4, 0.5) is 0 Å². The van der Waals surface area contributed by atoms with E-state index >= 15 is 0 Å². The monoisotopic (exact) mass is 512 g/mol. The van der Waals surface area contributed by atoms with E-state index in [9.17, 15) is 5.11 Å². The number of rotatable bonds is 6. The Balaban J connectivity index is 1.30. The summed E-state index contributed by atoms with van der Waals surface area (Å²) in [5, 5.41) is 13.3. The van der Waals surface area contributed by atoms with Crippen molar-refractivity contribution < 1.29 is 28.8 Å². The van der Waals surface area contributed by atoms with E-state index in [1.54, 1.807) is 0 Å². The van der Waals surface area contributed by atoms with Gasteiger partial charge in [-0.3, -0.25) is 0 Å². The van der Waals surface area contributed by atoms with Crippen LogP contribution in [0.1, 0.15) is 22.3 Å². The van der Waals surface area contributed by atoms with Crippen molar-refractivity contribution in [3.8, 4) is 0 Å². The van der Waals surface area contributed by atoms with Crippen LogP contribution in [-0.4, -0.2) is 42.4 Å². The smallest absolute Gasteiger partial charge is 0.184 e. The van der Waals surface area contributed by atoms with E-state index in [0.29, 0.717) is 26.4 Å². The van der Waals surface area contributed by atoms with Gasteiger partial charge in [-0.2, -0.15) is 0 Å². The van der Waals surface area contributed by atoms with E-state index in [2.05, 4.69) is 24.3 Å². The Morgan fingerprint density at radius 3 is 1.87 bits per heavy atom. The maximum atomic E-state index is 11.0. The molecule has 0 spiro atoms. The Morgan fingerprint density at radius 1 is 0.684 bits per heavy atom. The van der Waals surface area contributed by atoms with Crippen molar-refractivity contribution in [2.75, 3.05) is 6.61 Å². The van der Waals surface area contributed by atoms with Gasteiger partial charge in [-0.15, -0.1) is 0 Å². The second kappa shape index (κ2) is 11.7. The highest BCUT2D eigenvalue weighted by Gasteiger charge is 2.48. The molecule has 2 aliphatic rings. The molecule has 1 fully saturated rings. The first kappa shape index (κ1) is 25.2. The number of hydrogen-bond donors (Lipinski definition) is 1. The van der Waals surface area contributed by atoms with Gasteiger partial charge in [0.05, 0.1) is 33.0 Å². The maximum absolute atomic E-state index is 11.0. The quantitative estimate of drug-likeness (QED) is 0.386. The van der Waals surface area contributed by atoms with Gasteiger partial charge in [0.2, 0.25) is 0 Å². The first-order valence-electron chi connectivity index (χ1n) is 13.1. The summed E-state index contributed by atoms with van der Waals surface area (Å²) in [4.78, 5) is 0. The molecular formula is C32H32O6. The second-order valence-electron chi connectivity index (χ2n) is 9.85. The number of fused-ring (bicyclic) bond motifs is 4. The molecule has 1 N–H and O–H groups in total. The van der Waals surface area contributed by atoms with Crippen molar-refractivity contribution in [2.45, 2.75) is 57.1 Å². The third-order valence-electron chi connectivity index (χ3n) is 7.22. The fraction of sp³-hybridized carbons (Fsp3) is 0.312. The highest BCUT2D eigenvalue weighted by molar-refractivity contribution is 5.84. The van der Waals surface area contributed by atoms with E-state index in [4.69, 9.17) is 23.7 Å². The van der Waals surface area contributed by atoms with Crippen molar-refractivity contribution in [1.82, 2.24) is 0 Å². The number of hydrogen-bond acceptors (Lipinski definition) is 6. The summed E-state index contributed by atoms with van der Waals surface area (Å²) in [6, 6.07) is 32.5. The van der Waals surface area contributed by atoms with Gasteiger partial charge in [0, 0.05) is 0 Å². The summed E-state index contributed by atoms with van der Waals surface area (Å²) in [5.41, 5.74) is 4.17. The van der Waals surface area contributed by atoms with Gasteiger partial charge in [-0.25, -0.2) is 0 Å². The average molecular weight is 513 g/mol. The van der Waals surface area contributed by atoms with Crippen molar-refractivity contribution in [1.29, 1.82) is 0 Å². The van der Waals surface area contributed by atoms with Gasteiger partial charge >= 0.3 is 0 Å². The molecule has 196 valence electrons. The summed E-state index contributed by atoms with van der Waals surface area (Å²) in [6.07, 6.45) is -3.50. The van der Waals surface area contributed by atoms with Gasteiger partial charge in [-0.05, 0) is 45.2 Å². The second-order valence-corrected chi connectivity index (χ2v) is 9.85. The average Bonchev–Trinajstić information content (AvgIpc) is 2.95. The van der Waals surface area contributed by atoms with Crippen LogP contribution in [0.25, 0.3) is 10.8 Å². The first-order chi connectivity index (χ1) is 18.7. The molecule has 0 aliphatic carbocycles. The third kappa shape index (κ3) is 5.66. The summed E-state index contributed by atoms with van der Waals surface area (Å²) in [5.74, 6) is 0. The van der Waals surface area contributed by atoms with Gasteiger partial charge in [0.25, 0.3) is 0 Å². The Labute approximate surface area is 222 Å². The number of aliphatic hydroxyl groups is 1. The Hall–Kier alpha value is -3.10. The molecule has 2 heterocycles. The molecule has 5 atom stereocenters. The predicted molar refractivity (Wildman–Crippen MR) is 143 cm³/mol. The molecule has 0 amide bonds. The summed E-state index contributed by atoms with van der Waals surface area (Å²) < 4.78 is 31.5. The molecule has 2 bridgehead atoms. The molecule has 38 heavy (non-hydrogen) atoms. The van der Waals surface area contributed by atoms with Crippen LogP contribution in [0.2, 0.25) is 0 Å². The van der Waals surface area contributed by atoms with Crippen LogP contribution in [0.3, 0.4) is 0 Å². The van der Waals surface area contributed by atoms with Crippen LogP contribution >= 0.6 is 0 Å². The molecule has 4 aromatic rings. The summed E-state index contributed by atoms with van der Waals surface area (Å²) in [7, 11) is 0. The highest BCUT2D eigenvalue weighted by atomic mass is 16.7. The molecule has 4 aromatic carbocycles. The lowest BCUT2D eigenvalue weighted by molar-refractivity contribution is -0.318. The molecular weight excluding hydrogens is 480 g/mol. The third-order valence-corrected chi connectivity index (χ3v) is 7.22. The SMILES string of the molecule is OC1OC2COCc3cc4ccccc4cc3COC([C@@H]1OCc1ccccc1)[C@@H]2OCc1ccccc1. The fourth-order valence-corrected chi connectivity index (χ4v) is 5.21. The first-order valence-corrected chi connectivity index (χ1v) is 13.1. The molecule has 6 heteroatoms. The van der Waals surface area contributed by atoms with Crippen LogP contribution in [-0.2, 0) is 50.1 Å². The molecule has 6 rings (SSSR count). The van der Waals surface area contributed by atoms with E-state index in [1.807, 2.05) is 72.8 Å². The maximum Gasteiger partial charge on any atom is 0.184 e. The minimum atomic E-state index is -1.18. The Bertz CT molecular complexity index is 1330. The predicted octanol–water partition coefficient (Wildman–Crippen LogP) is 5.14. The zero-order valence-electron chi connectivity index (χ0n) is 21.1. The minimum Gasteiger partial charge on any atom is -0.374 e. The normalized spacial score (nSPS) is 25.6. The molecule has 0 saturated carbocycles. The molecule has 1 saturated heterocycles. The van der Waals surface area contributed by atoms with Crippen LogP contribution in [0.5, 0.6) is 0 Å². The number of benzene rings is 4. The zero-order chi connectivity index (χ0) is 25.7. The molecule has 6 nitrogen and oxygen atoms in total. The molecule has 0 aromatic heterocycles. The molecule has 3 unspecified atom stereocenters. The van der Waals surface area contributed by atoms with Crippen molar-refractivity contribution >= 4 is 10.8 Å². The molecule has 2 aliphatic heterocycles. The van der Waals surface area contributed by atoms with E-state index in [1.165, 1.54) is 0 Å². The largest absolute Gasteiger partial charge is 0.374 e. The summed E-state index contributed by atoms with van der Waals surface area (Å²) in [6.45, 7) is 1.72. The lowest BCUT2D eigenvalue weighted by atomic mass is 9.97. The van der Waals surface area contributed by atoms with Gasteiger partial charge in [0.1, 0.15) is 24.4 Å². The van der Waals surface area contributed by atoms with Crippen molar-refractivity contribution in [2.24, 2.45) is 0 Å². The molecule has 0 radical (unpaired) electrons. The Kier molecular flexibility index (Phi) is 7.79. The highest BCUT2D eigenvalue weighted by Crippen LogP contribution is 2.32. The van der Waals surface area contributed by atoms with Gasteiger partial charge in [0.15, 0.2) is 6.29 Å². The van der Waals surface area contributed by atoms with E-state index < -0.39 is 30.7 Å². The number of ether oxygens (including phenoxy) is 5. The van der Waals surface area contributed by atoms with Crippen LogP contribution < -0.4 is 0 Å². The van der Waals surface area contributed by atoms with E-state index in [-0.39, 0.29) is 6.61 Å². The fourth-order valence-electron chi connectivity index (χ4n) is 5.21. The standard InChI is InChI=1S/C32H32O6/c33-32-31(36-18-23-11-5-2-6-12-23)30-29(35-17-22-9-3-1-4-10-22)28(38-32)21-34-19-26-15-24-13-7-8-14-25(24)16-27(26)20-37-30/h1-16,28-33H,17-21H2/t28?,29-,30?,31+,32?/m1/s1. The van der Waals surface area contributed by atoms with Gasteiger partial charge < -0.3 is 28.8 Å². The van der Waals surface area contributed by atoms with E-state index in [0.717, 1.165) is 33.0 Å². The lowest BCUT2D eigenvalue weighted by Gasteiger charge is -2.44. The zero-order valence-corrected chi connectivity index (χ0v) is 21.1. The Morgan fingerprint density at radius 2 is 1.24 bits per heavy atom. The minimum absolute atomic E-state index is 0.258. The lowest BCUT2D eigenvalue weighted by Crippen LogP contribution is -2.61. The van der Waals surface area contributed by atoms with Crippen molar-refractivity contribution in [3.63, 3.8) is 0 Å². The van der Waals surface area contributed by atoms with Crippen LogP contribution in [0, 0.1) is 0 Å². The number of aliphatic hydroxyl groups excluding tert-OH is 1. The topological polar surface area (TPSA) is 66.4 Å². The van der Waals surface area contributed by atoms with Crippen LogP contribution in [0.15, 0.2) is 97.1 Å². The van der Waals surface area contributed by atoms with Crippen molar-refractivity contribution in [3.05, 3.63) is 119 Å². The van der Waals surface area contributed by atoms with Gasteiger partial charge in [-0.1, -0.05) is 84.9 Å². The summed E-state index contributed by atoms with van der Waals surface area (Å²) >= 11 is 0.